The van der Waals surface area contributed by atoms with Crippen molar-refractivity contribution >= 4 is 15.9 Å². The number of carbonyl (C=O) groups excluding carboxylic acids is 1. The van der Waals surface area contributed by atoms with Gasteiger partial charge in [0.2, 0.25) is 15.9 Å². The maximum Gasteiger partial charge on any atom is 0.220 e. The highest BCUT2D eigenvalue weighted by molar-refractivity contribution is 7.89. The van der Waals surface area contributed by atoms with Gasteiger partial charge in [0.15, 0.2) is 0 Å². The molecule has 0 saturated heterocycles. The molecule has 0 bridgehead atoms. The Hall–Kier alpha value is -1.47. The van der Waals surface area contributed by atoms with Gasteiger partial charge in [-0.25, -0.2) is 17.5 Å². The molecule has 0 aliphatic heterocycles. The van der Waals surface area contributed by atoms with Crippen LogP contribution in [0.25, 0.3) is 0 Å². The van der Waals surface area contributed by atoms with E-state index < -0.39 is 10.0 Å². The Bertz CT molecular complexity index is 529. The molecule has 0 fully saturated rings. The molecule has 0 aliphatic rings. The largest absolute Gasteiger partial charge is 0.355 e. The minimum absolute atomic E-state index is 0.0809. The van der Waals surface area contributed by atoms with E-state index >= 15 is 0 Å². The molecule has 2 N–H and O–H groups in total. The van der Waals surface area contributed by atoms with Crippen molar-refractivity contribution in [3.8, 4) is 0 Å². The zero-order chi connectivity index (χ0) is 15.0. The molecule has 1 rings (SSSR count). The van der Waals surface area contributed by atoms with Gasteiger partial charge in [0.25, 0.3) is 0 Å². The first kappa shape index (κ1) is 16.6. The lowest BCUT2D eigenvalue weighted by Gasteiger charge is -2.06. The van der Waals surface area contributed by atoms with Crippen molar-refractivity contribution in [2.75, 3.05) is 18.8 Å². The first-order chi connectivity index (χ1) is 9.43. The quantitative estimate of drug-likeness (QED) is 0.746. The molecule has 1 aromatic carbocycles. The van der Waals surface area contributed by atoms with E-state index in [1.165, 1.54) is 12.1 Å². The third-order valence-corrected chi connectivity index (χ3v) is 4.08. The number of hydrogen-bond acceptors (Lipinski definition) is 3. The molecular formula is C13H19FN2O3S. The summed E-state index contributed by atoms with van der Waals surface area (Å²) in [7, 11) is -3.31. The summed E-state index contributed by atoms with van der Waals surface area (Å²) in [5, 5.41) is 2.55. The summed E-state index contributed by atoms with van der Waals surface area (Å²) in [5.74, 6) is -0.670. The standard InChI is InChI=1S/C13H19FN2O3S/c1-2-16-20(18,19)10-9-15-13(17)8-5-11-3-6-12(14)7-4-11/h3-4,6-7,16H,2,5,8-10H2,1H3,(H,15,17). The van der Waals surface area contributed by atoms with Crippen molar-refractivity contribution in [3.05, 3.63) is 35.6 Å². The summed E-state index contributed by atoms with van der Waals surface area (Å²) in [6.45, 7) is 2.11. The molecule has 7 heteroatoms. The van der Waals surface area contributed by atoms with Gasteiger partial charge < -0.3 is 5.32 Å². The predicted octanol–water partition coefficient (Wildman–Crippen LogP) is 0.814. The monoisotopic (exact) mass is 302 g/mol. The van der Waals surface area contributed by atoms with Gasteiger partial charge in [-0.05, 0) is 24.1 Å². The number of amides is 1. The van der Waals surface area contributed by atoms with Crippen molar-refractivity contribution < 1.29 is 17.6 Å². The molecule has 5 nitrogen and oxygen atoms in total. The lowest BCUT2D eigenvalue weighted by atomic mass is 10.1. The third kappa shape index (κ3) is 6.63. The molecule has 0 aliphatic carbocycles. The molecule has 0 radical (unpaired) electrons. The third-order valence-electron chi connectivity index (χ3n) is 2.61. The van der Waals surface area contributed by atoms with Crippen LogP contribution in [-0.4, -0.2) is 33.2 Å². The van der Waals surface area contributed by atoms with Crippen LogP contribution in [0.2, 0.25) is 0 Å². The topological polar surface area (TPSA) is 75.3 Å². The van der Waals surface area contributed by atoms with Crippen molar-refractivity contribution in [2.24, 2.45) is 0 Å². The summed E-state index contributed by atoms with van der Waals surface area (Å²) in [6.07, 6.45) is 0.735. The zero-order valence-corrected chi connectivity index (χ0v) is 12.2. The van der Waals surface area contributed by atoms with E-state index in [2.05, 4.69) is 10.0 Å². The highest BCUT2D eigenvalue weighted by Crippen LogP contribution is 2.05. The molecule has 0 saturated carbocycles. The van der Waals surface area contributed by atoms with E-state index in [1.54, 1.807) is 19.1 Å². The average Bonchev–Trinajstić information content (AvgIpc) is 2.37. The molecule has 1 amide bonds. The Balaban J connectivity index is 2.25. The van der Waals surface area contributed by atoms with Crippen molar-refractivity contribution in [3.63, 3.8) is 0 Å². The van der Waals surface area contributed by atoms with E-state index in [0.717, 1.165) is 5.56 Å². The van der Waals surface area contributed by atoms with Crippen LogP contribution in [0.4, 0.5) is 4.39 Å². The Morgan fingerprint density at radius 2 is 1.90 bits per heavy atom. The highest BCUT2D eigenvalue weighted by atomic mass is 32.2. The van der Waals surface area contributed by atoms with Gasteiger partial charge in [-0.15, -0.1) is 0 Å². The number of benzene rings is 1. The number of hydrogen-bond donors (Lipinski definition) is 2. The number of nitrogens with one attached hydrogen (secondary N) is 2. The van der Waals surface area contributed by atoms with Gasteiger partial charge in [0.05, 0.1) is 5.75 Å². The Labute approximate surface area is 118 Å². The first-order valence-electron chi connectivity index (χ1n) is 6.41. The van der Waals surface area contributed by atoms with Crippen LogP contribution in [-0.2, 0) is 21.2 Å². The van der Waals surface area contributed by atoms with E-state index in [1.807, 2.05) is 0 Å². The summed E-state index contributed by atoms with van der Waals surface area (Å²) >= 11 is 0. The number of rotatable bonds is 8. The van der Waals surface area contributed by atoms with E-state index in [0.29, 0.717) is 13.0 Å². The van der Waals surface area contributed by atoms with Gasteiger partial charge in [-0.2, -0.15) is 0 Å². The minimum Gasteiger partial charge on any atom is -0.355 e. The molecule has 0 atom stereocenters. The highest BCUT2D eigenvalue weighted by Gasteiger charge is 2.09. The summed E-state index contributed by atoms with van der Waals surface area (Å²) in [5.41, 5.74) is 0.863. The van der Waals surface area contributed by atoms with Crippen LogP contribution in [0.1, 0.15) is 18.9 Å². The number of aryl methyl sites for hydroxylation is 1. The molecule has 1 aromatic rings. The summed E-state index contributed by atoms with van der Waals surface area (Å²) in [6, 6.07) is 5.93. The van der Waals surface area contributed by atoms with Crippen LogP contribution in [0.5, 0.6) is 0 Å². The minimum atomic E-state index is -3.31. The second-order valence-corrected chi connectivity index (χ2v) is 6.22. The van der Waals surface area contributed by atoms with E-state index in [4.69, 9.17) is 0 Å². The summed E-state index contributed by atoms with van der Waals surface area (Å²) < 4.78 is 37.7. The van der Waals surface area contributed by atoms with Gasteiger partial charge in [0, 0.05) is 19.5 Å². The maximum absolute atomic E-state index is 12.7. The molecule has 20 heavy (non-hydrogen) atoms. The van der Waals surface area contributed by atoms with E-state index in [9.17, 15) is 17.6 Å². The molecule has 0 spiro atoms. The lowest BCUT2D eigenvalue weighted by molar-refractivity contribution is -0.120. The van der Waals surface area contributed by atoms with Crippen LogP contribution < -0.4 is 10.0 Å². The number of carbonyl (C=O) groups is 1. The van der Waals surface area contributed by atoms with Crippen LogP contribution in [0, 0.1) is 5.82 Å². The average molecular weight is 302 g/mol. The van der Waals surface area contributed by atoms with Crippen molar-refractivity contribution in [2.45, 2.75) is 19.8 Å². The van der Waals surface area contributed by atoms with Crippen LogP contribution in [0.15, 0.2) is 24.3 Å². The molecule has 112 valence electrons. The van der Waals surface area contributed by atoms with E-state index in [-0.39, 0.29) is 30.4 Å². The van der Waals surface area contributed by atoms with Crippen LogP contribution >= 0.6 is 0 Å². The van der Waals surface area contributed by atoms with Gasteiger partial charge in [-0.3, -0.25) is 4.79 Å². The van der Waals surface area contributed by atoms with Crippen molar-refractivity contribution in [1.29, 1.82) is 0 Å². The van der Waals surface area contributed by atoms with Gasteiger partial charge >= 0.3 is 0 Å². The lowest BCUT2D eigenvalue weighted by Crippen LogP contribution is -2.34. The Kier molecular flexibility index (Phi) is 6.60. The summed E-state index contributed by atoms with van der Waals surface area (Å²) in [4.78, 5) is 11.5. The number of halogens is 1. The Morgan fingerprint density at radius 1 is 1.25 bits per heavy atom. The van der Waals surface area contributed by atoms with Gasteiger partial charge in [-0.1, -0.05) is 19.1 Å². The second-order valence-electron chi connectivity index (χ2n) is 4.29. The zero-order valence-electron chi connectivity index (χ0n) is 11.4. The van der Waals surface area contributed by atoms with Crippen molar-refractivity contribution in [1.82, 2.24) is 10.0 Å². The first-order valence-corrected chi connectivity index (χ1v) is 8.06. The SMILES string of the molecule is CCNS(=O)(=O)CCNC(=O)CCc1ccc(F)cc1. The Morgan fingerprint density at radius 3 is 2.50 bits per heavy atom. The second kappa shape index (κ2) is 7.96. The fourth-order valence-electron chi connectivity index (χ4n) is 1.61. The molecule has 0 unspecified atom stereocenters. The smallest absolute Gasteiger partial charge is 0.220 e. The molecule has 0 aromatic heterocycles. The fraction of sp³-hybridized carbons (Fsp3) is 0.462. The molecular weight excluding hydrogens is 283 g/mol. The fourth-order valence-corrected chi connectivity index (χ4v) is 2.57. The van der Waals surface area contributed by atoms with Crippen LogP contribution in [0.3, 0.4) is 0 Å². The van der Waals surface area contributed by atoms with Gasteiger partial charge in [0.1, 0.15) is 5.82 Å². The normalized spacial score (nSPS) is 11.3. The predicted molar refractivity (Wildman–Crippen MR) is 75.2 cm³/mol. The molecule has 0 heterocycles. The maximum atomic E-state index is 12.7. The number of sulfonamides is 1.